The SMILES string of the molecule is CC1CN(C(=O)NC(=O)CCC(=O)O)CC(C)S1. The topological polar surface area (TPSA) is 86.7 Å². The highest BCUT2D eigenvalue weighted by Gasteiger charge is 2.26. The second kappa shape index (κ2) is 6.63. The Morgan fingerprint density at radius 3 is 2.28 bits per heavy atom. The van der Waals surface area contributed by atoms with Gasteiger partial charge in [-0.2, -0.15) is 11.8 Å². The number of rotatable bonds is 3. The molecule has 1 heterocycles. The van der Waals surface area contributed by atoms with E-state index in [1.807, 2.05) is 25.6 Å². The van der Waals surface area contributed by atoms with Crippen LogP contribution in [0.1, 0.15) is 26.7 Å². The predicted molar refractivity (Wildman–Crippen MR) is 68.5 cm³/mol. The summed E-state index contributed by atoms with van der Waals surface area (Å²) in [5.41, 5.74) is 0. The van der Waals surface area contributed by atoms with Crippen molar-refractivity contribution in [2.75, 3.05) is 13.1 Å². The number of amides is 3. The largest absolute Gasteiger partial charge is 0.481 e. The van der Waals surface area contributed by atoms with E-state index in [2.05, 4.69) is 5.32 Å². The van der Waals surface area contributed by atoms with Crippen LogP contribution in [0.25, 0.3) is 0 Å². The van der Waals surface area contributed by atoms with Gasteiger partial charge in [0.15, 0.2) is 0 Å². The van der Waals surface area contributed by atoms with Crippen LogP contribution in [0, 0.1) is 0 Å². The van der Waals surface area contributed by atoms with Crippen LogP contribution < -0.4 is 5.32 Å². The summed E-state index contributed by atoms with van der Waals surface area (Å²) in [5, 5.41) is 11.3. The van der Waals surface area contributed by atoms with E-state index in [0.717, 1.165) is 0 Å². The minimum absolute atomic E-state index is 0.172. The number of thioether (sulfide) groups is 1. The summed E-state index contributed by atoms with van der Waals surface area (Å²) in [7, 11) is 0. The number of imide groups is 1. The Morgan fingerprint density at radius 2 is 1.78 bits per heavy atom. The van der Waals surface area contributed by atoms with Gasteiger partial charge in [0.2, 0.25) is 5.91 Å². The Kier molecular flexibility index (Phi) is 5.46. The zero-order chi connectivity index (χ0) is 13.7. The number of urea groups is 1. The van der Waals surface area contributed by atoms with Crippen molar-refractivity contribution in [3.8, 4) is 0 Å². The van der Waals surface area contributed by atoms with E-state index in [0.29, 0.717) is 23.6 Å². The van der Waals surface area contributed by atoms with Gasteiger partial charge in [-0.3, -0.25) is 14.9 Å². The summed E-state index contributed by atoms with van der Waals surface area (Å²) < 4.78 is 0. The van der Waals surface area contributed by atoms with Crippen LogP contribution in [-0.4, -0.2) is 51.5 Å². The summed E-state index contributed by atoms with van der Waals surface area (Å²) in [6.07, 6.45) is -0.434. The normalized spacial score (nSPS) is 23.6. The summed E-state index contributed by atoms with van der Waals surface area (Å²) in [6.45, 7) is 5.28. The van der Waals surface area contributed by atoms with Gasteiger partial charge in [0.05, 0.1) is 6.42 Å². The van der Waals surface area contributed by atoms with E-state index in [1.54, 1.807) is 4.90 Å². The first kappa shape index (κ1) is 14.8. The van der Waals surface area contributed by atoms with Crippen molar-refractivity contribution in [1.82, 2.24) is 10.2 Å². The first-order valence-electron chi connectivity index (χ1n) is 5.84. The first-order chi connectivity index (χ1) is 8.38. The Balaban J connectivity index is 2.39. The molecule has 0 spiro atoms. The van der Waals surface area contributed by atoms with Crippen LogP contribution in [-0.2, 0) is 9.59 Å². The maximum Gasteiger partial charge on any atom is 0.324 e. The van der Waals surface area contributed by atoms with Crippen molar-refractivity contribution in [3.63, 3.8) is 0 Å². The highest BCUT2D eigenvalue weighted by atomic mass is 32.2. The molecule has 0 radical (unpaired) electrons. The van der Waals surface area contributed by atoms with Crippen molar-refractivity contribution in [2.45, 2.75) is 37.2 Å². The van der Waals surface area contributed by atoms with E-state index in [-0.39, 0.29) is 12.8 Å². The van der Waals surface area contributed by atoms with Crippen LogP contribution >= 0.6 is 11.8 Å². The van der Waals surface area contributed by atoms with E-state index >= 15 is 0 Å². The van der Waals surface area contributed by atoms with Crippen LogP contribution in [0.5, 0.6) is 0 Å². The van der Waals surface area contributed by atoms with E-state index in [1.165, 1.54) is 0 Å². The van der Waals surface area contributed by atoms with Crippen LogP contribution in [0.15, 0.2) is 0 Å². The third-order valence-electron chi connectivity index (χ3n) is 2.52. The average Bonchev–Trinajstić information content (AvgIpc) is 2.25. The van der Waals surface area contributed by atoms with Gasteiger partial charge in [-0.05, 0) is 0 Å². The second-order valence-corrected chi connectivity index (χ2v) is 6.29. The zero-order valence-electron chi connectivity index (χ0n) is 10.5. The molecule has 0 aromatic carbocycles. The van der Waals surface area contributed by atoms with E-state index in [4.69, 9.17) is 5.11 Å². The number of nitrogens with zero attached hydrogens (tertiary/aromatic N) is 1. The molecule has 1 fully saturated rings. The molecule has 0 saturated carbocycles. The van der Waals surface area contributed by atoms with Crippen molar-refractivity contribution in [2.24, 2.45) is 0 Å². The van der Waals surface area contributed by atoms with Crippen molar-refractivity contribution >= 4 is 29.7 Å². The lowest BCUT2D eigenvalue weighted by Gasteiger charge is -2.34. The smallest absolute Gasteiger partial charge is 0.324 e. The molecule has 18 heavy (non-hydrogen) atoms. The molecule has 1 saturated heterocycles. The van der Waals surface area contributed by atoms with E-state index < -0.39 is 17.9 Å². The number of nitrogens with one attached hydrogen (secondary N) is 1. The summed E-state index contributed by atoms with van der Waals surface area (Å²) in [5.74, 6) is -1.59. The number of carboxylic acid groups (broad SMARTS) is 1. The molecular weight excluding hydrogens is 256 g/mol. The van der Waals surface area contributed by atoms with Gasteiger partial charge in [-0.15, -0.1) is 0 Å². The molecule has 7 heteroatoms. The lowest BCUT2D eigenvalue weighted by atomic mass is 10.3. The Morgan fingerprint density at radius 1 is 1.22 bits per heavy atom. The molecule has 0 bridgehead atoms. The molecule has 2 unspecified atom stereocenters. The highest BCUT2D eigenvalue weighted by molar-refractivity contribution is 8.00. The molecule has 6 nitrogen and oxygen atoms in total. The van der Waals surface area contributed by atoms with Crippen LogP contribution in [0.3, 0.4) is 0 Å². The summed E-state index contributed by atoms with van der Waals surface area (Å²) >= 11 is 1.81. The number of carboxylic acids is 1. The quantitative estimate of drug-likeness (QED) is 0.799. The van der Waals surface area contributed by atoms with Gasteiger partial charge >= 0.3 is 12.0 Å². The average molecular weight is 274 g/mol. The fourth-order valence-electron chi connectivity index (χ4n) is 1.83. The maximum absolute atomic E-state index is 11.8. The number of carbonyl (C=O) groups excluding carboxylic acids is 2. The molecular formula is C11H18N2O4S. The zero-order valence-corrected chi connectivity index (χ0v) is 11.3. The molecule has 0 aliphatic carbocycles. The number of hydrogen-bond donors (Lipinski definition) is 2. The van der Waals surface area contributed by atoms with Gasteiger partial charge in [0, 0.05) is 30.0 Å². The van der Waals surface area contributed by atoms with Crippen molar-refractivity contribution in [1.29, 1.82) is 0 Å². The Bertz CT molecular complexity index is 338. The molecule has 0 aromatic rings. The van der Waals surface area contributed by atoms with Crippen molar-refractivity contribution in [3.05, 3.63) is 0 Å². The molecule has 2 atom stereocenters. The number of aliphatic carboxylic acids is 1. The minimum atomic E-state index is -1.05. The number of carbonyl (C=O) groups is 3. The third-order valence-corrected chi connectivity index (χ3v) is 3.75. The Hall–Kier alpha value is -1.24. The fourth-order valence-corrected chi connectivity index (χ4v) is 3.15. The van der Waals surface area contributed by atoms with Crippen LogP contribution in [0.2, 0.25) is 0 Å². The lowest BCUT2D eigenvalue weighted by Crippen LogP contribution is -2.50. The molecule has 1 rings (SSSR count). The van der Waals surface area contributed by atoms with Gasteiger partial charge in [-0.25, -0.2) is 4.79 Å². The molecule has 102 valence electrons. The minimum Gasteiger partial charge on any atom is -0.481 e. The monoisotopic (exact) mass is 274 g/mol. The van der Waals surface area contributed by atoms with E-state index in [9.17, 15) is 14.4 Å². The fraction of sp³-hybridized carbons (Fsp3) is 0.727. The Labute approximate surface area is 110 Å². The number of hydrogen-bond acceptors (Lipinski definition) is 4. The highest BCUT2D eigenvalue weighted by Crippen LogP contribution is 2.24. The van der Waals surface area contributed by atoms with Crippen LogP contribution in [0.4, 0.5) is 4.79 Å². The van der Waals surface area contributed by atoms with Crippen molar-refractivity contribution < 1.29 is 19.5 Å². The van der Waals surface area contributed by atoms with Gasteiger partial charge < -0.3 is 10.0 Å². The van der Waals surface area contributed by atoms with Gasteiger partial charge in [-0.1, -0.05) is 13.8 Å². The summed E-state index contributed by atoms with van der Waals surface area (Å²) in [4.78, 5) is 35.0. The molecule has 1 aliphatic heterocycles. The predicted octanol–water partition coefficient (Wildman–Crippen LogP) is 0.913. The molecule has 1 aliphatic rings. The second-order valence-electron chi connectivity index (χ2n) is 4.41. The standard InChI is InChI=1S/C11H18N2O4S/c1-7-5-13(6-8(2)18-7)11(17)12-9(14)3-4-10(15)16/h7-8H,3-6H2,1-2H3,(H,15,16)(H,12,14,17). The molecule has 2 N–H and O–H groups in total. The third kappa shape index (κ3) is 4.95. The summed E-state index contributed by atoms with van der Waals surface area (Å²) in [6, 6.07) is -0.426. The van der Waals surface area contributed by atoms with Gasteiger partial charge in [0.25, 0.3) is 0 Å². The first-order valence-corrected chi connectivity index (χ1v) is 6.78. The van der Waals surface area contributed by atoms with Gasteiger partial charge in [0.1, 0.15) is 0 Å². The molecule has 3 amide bonds. The lowest BCUT2D eigenvalue weighted by molar-refractivity contribution is -0.138. The maximum atomic E-state index is 11.8. The molecule has 0 aromatic heterocycles.